The van der Waals surface area contributed by atoms with Crippen LogP contribution in [0.25, 0.3) is 9.40 Å². The monoisotopic (exact) mass is 185 g/mol. The van der Waals surface area contributed by atoms with Crippen molar-refractivity contribution < 1.29 is 5.11 Å². The van der Waals surface area contributed by atoms with Crippen molar-refractivity contribution in [3.63, 3.8) is 0 Å². The van der Waals surface area contributed by atoms with E-state index in [1.807, 2.05) is 11.4 Å². The smallest absolute Gasteiger partial charge is 0.0890 e. The minimum absolute atomic E-state index is 0.117. The van der Waals surface area contributed by atoms with E-state index < -0.39 is 0 Å². The van der Waals surface area contributed by atoms with Gasteiger partial charge in [0.25, 0.3) is 0 Å². The standard InChI is InChI=1S/C7H7NOS2/c8-6-3-10-7-5(6)1-4(2-9)11-7/h1,3,9H,2,8H2. The second-order valence-electron chi connectivity index (χ2n) is 2.26. The SMILES string of the molecule is Nc1csc2sc(CO)cc12. The fraction of sp³-hybridized carbons (Fsp3) is 0.143. The molecule has 0 saturated carbocycles. The Bertz CT molecular complexity index is 377. The summed E-state index contributed by atoms with van der Waals surface area (Å²) in [5, 5.41) is 11.8. The molecule has 0 bridgehead atoms. The maximum absolute atomic E-state index is 8.82. The van der Waals surface area contributed by atoms with Crippen molar-refractivity contribution >= 4 is 37.8 Å². The first-order chi connectivity index (χ1) is 5.31. The van der Waals surface area contributed by atoms with Gasteiger partial charge in [0.15, 0.2) is 0 Å². The molecule has 2 rings (SSSR count). The molecule has 0 aromatic carbocycles. The van der Waals surface area contributed by atoms with Gasteiger partial charge < -0.3 is 10.8 Å². The highest BCUT2D eigenvalue weighted by Gasteiger charge is 2.04. The van der Waals surface area contributed by atoms with Crippen LogP contribution in [0.3, 0.4) is 0 Å². The molecule has 0 fully saturated rings. The molecule has 3 N–H and O–H groups in total. The van der Waals surface area contributed by atoms with Crippen LogP contribution in [0.1, 0.15) is 4.88 Å². The van der Waals surface area contributed by atoms with Gasteiger partial charge in [-0.25, -0.2) is 0 Å². The first-order valence-corrected chi connectivity index (χ1v) is 4.87. The van der Waals surface area contributed by atoms with Gasteiger partial charge in [0.05, 0.1) is 16.3 Å². The Hall–Kier alpha value is -0.580. The first-order valence-electron chi connectivity index (χ1n) is 3.17. The molecule has 2 nitrogen and oxygen atoms in total. The first kappa shape index (κ1) is 7.09. The van der Waals surface area contributed by atoms with Crippen LogP contribution in [0, 0.1) is 0 Å². The van der Waals surface area contributed by atoms with Gasteiger partial charge in [-0.15, -0.1) is 22.7 Å². The summed E-state index contributed by atoms with van der Waals surface area (Å²) in [5.74, 6) is 0. The number of aliphatic hydroxyl groups excluding tert-OH is 1. The van der Waals surface area contributed by atoms with Gasteiger partial charge in [-0.2, -0.15) is 0 Å². The number of hydrogen-bond donors (Lipinski definition) is 2. The summed E-state index contributed by atoms with van der Waals surface area (Å²) >= 11 is 3.24. The van der Waals surface area contributed by atoms with Crippen LogP contribution in [0.4, 0.5) is 5.69 Å². The second-order valence-corrected chi connectivity index (χ2v) is 4.54. The molecule has 11 heavy (non-hydrogen) atoms. The molecule has 0 amide bonds. The van der Waals surface area contributed by atoms with Crippen LogP contribution in [0.2, 0.25) is 0 Å². The molecule has 58 valence electrons. The largest absolute Gasteiger partial charge is 0.398 e. The van der Waals surface area contributed by atoms with Crippen LogP contribution in [0.15, 0.2) is 11.4 Å². The Morgan fingerprint density at radius 1 is 1.55 bits per heavy atom. The van der Waals surface area contributed by atoms with Gasteiger partial charge in [0.2, 0.25) is 0 Å². The van der Waals surface area contributed by atoms with E-state index in [1.165, 1.54) is 4.01 Å². The predicted octanol–water partition coefficient (Wildman–Crippen LogP) is 2.04. The molecule has 2 heterocycles. The molecule has 2 aromatic rings. The number of anilines is 1. The third-order valence-electron chi connectivity index (χ3n) is 1.51. The molecule has 0 saturated heterocycles. The molecular weight excluding hydrogens is 178 g/mol. The van der Waals surface area contributed by atoms with E-state index in [0.29, 0.717) is 0 Å². The Balaban J connectivity index is 2.70. The number of thiophene rings is 2. The zero-order valence-corrected chi connectivity index (χ0v) is 7.34. The average molecular weight is 185 g/mol. The third kappa shape index (κ3) is 1.03. The number of rotatable bonds is 1. The zero-order valence-electron chi connectivity index (χ0n) is 5.70. The minimum atomic E-state index is 0.117. The lowest BCUT2D eigenvalue weighted by molar-refractivity contribution is 0.285. The quantitative estimate of drug-likeness (QED) is 0.714. The van der Waals surface area contributed by atoms with Crippen molar-refractivity contribution in [1.29, 1.82) is 0 Å². The topological polar surface area (TPSA) is 46.2 Å². The summed E-state index contributed by atoms with van der Waals surface area (Å²) in [6, 6.07) is 1.95. The number of hydrogen-bond acceptors (Lipinski definition) is 4. The normalized spacial score (nSPS) is 11.0. The molecule has 0 unspecified atom stereocenters. The van der Waals surface area contributed by atoms with Crippen molar-refractivity contribution in [3.8, 4) is 0 Å². The van der Waals surface area contributed by atoms with Crippen LogP contribution in [0.5, 0.6) is 0 Å². The third-order valence-corrected chi connectivity index (χ3v) is 3.77. The van der Waals surface area contributed by atoms with Gasteiger partial charge >= 0.3 is 0 Å². The summed E-state index contributed by atoms with van der Waals surface area (Å²) in [7, 11) is 0. The van der Waals surface area contributed by atoms with E-state index in [0.717, 1.165) is 16.0 Å². The fourth-order valence-electron chi connectivity index (χ4n) is 0.971. The van der Waals surface area contributed by atoms with Crippen molar-refractivity contribution in [2.75, 3.05) is 5.73 Å². The zero-order chi connectivity index (χ0) is 7.84. The summed E-state index contributed by atoms with van der Waals surface area (Å²) in [4.78, 5) is 0.985. The van der Waals surface area contributed by atoms with Gasteiger partial charge in [-0.05, 0) is 6.07 Å². The Morgan fingerprint density at radius 3 is 3.00 bits per heavy atom. The van der Waals surface area contributed by atoms with E-state index in [4.69, 9.17) is 10.8 Å². The Kier molecular flexibility index (Phi) is 1.60. The van der Waals surface area contributed by atoms with E-state index in [-0.39, 0.29) is 6.61 Å². The summed E-state index contributed by atoms with van der Waals surface area (Å²) < 4.78 is 1.20. The maximum atomic E-state index is 8.82. The predicted molar refractivity (Wildman–Crippen MR) is 50.0 cm³/mol. The fourth-order valence-corrected chi connectivity index (χ4v) is 3.06. The van der Waals surface area contributed by atoms with Gasteiger partial charge in [0, 0.05) is 15.6 Å². The second kappa shape index (κ2) is 2.48. The maximum Gasteiger partial charge on any atom is 0.0890 e. The van der Waals surface area contributed by atoms with Crippen molar-refractivity contribution in [1.82, 2.24) is 0 Å². The molecule has 2 aromatic heterocycles. The van der Waals surface area contributed by atoms with E-state index in [1.54, 1.807) is 22.7 Å². The van der Waals surface area contributed by atoms with Crippen molar-refractivity contribution in [3.05, 3.63) is 16.3 Å². The van der Waals surface area contributed by atoms with Crippen LogP contribution >= 0.6 is 22.7 Å². The Labute approximate surface area is 71.9 Å². The lowest BCUT2D eigenvalue weighted by Gasteiger charge is -1.82. The van der Waals surface area contributed by atoms with Crippen LogP contribution < -0.4 is 5.73 Å². The number of nitrogens with two attached hydrogens (primary N) is 1. The number of nitrogen functional groups attached to an aromatic ring is 1. The van der Waals surface area contributed by atoms with Crippen LogP contribution in [-0.2, 0) is 6.61 Å². The van der Waals surface area contributed by atoms with Gasteiger partial charge in [-0.3, -0.25) is 0 Å². The molecule has 4 heteroatoms. The lowest BCUT2D eigenvalue weighted by atomic mass is 10.3. The highest BCUT2D eigenvalue weighted by atomic mass is 32.2. The summed E-state index contributed by atoms with van der Waals surface area (Å²) in [5.41, 5.74) is 6.50. The number of fused-ring (bicyclic) bond motifs is 1. The van der Waals surface area contributed by atoms with E-state index in [2.05, 4.69) is 0 Å². The molecule has 0 aliphatic heterocycles. The van der Waals surface area contributed by atoms with Gasteiger partial charge in [-0.1, -0.05) is 0 Å². The van der Waals surface area contributed by atoms with E-state index in [9.17, 15) is 0 Å². The molecule has 0 spiro atoms. The minimum Gasteiger partial charge on any atom is -0.398 e. The molecule has 0 aliphatic rings. The molecular formula is C7H7NOS2. The summed E-state index contributed by atoms with van der Waals surface area (Å²) in [6.07, 6.45) is 0. The highest BCUT2D eigenvalue weighted by molar-refractivity contribution is 7.37. The van der Waals surface area contributed by atoms with Gasteiger partial charge in [0.1, 0.15) is 0 Å². The van der Waals surface area contributed by atoms with Crippen molar-refractivity contribution in [2.45, 2.75) is 6.61 Å². The van der Waals surface area contributed by atoms with E-state index >= 15 is 0 Å². The van der Waals surface area contributed by atoms with Crippen molar-refractivity contribution in [2.24, 2.45) is 0 Å². The lowest BCUT2D eigenvalue weighted by Crippen LogP contribution is -1.78. The molecule has 0 aliphatic carbocycles. The number of aliphatic hydroxyl groups is 1. The highest BCUT2D eigenvalue weighted by Crippen LogP contribution is 2.35. The van der Waals surface area contributed by atoms with Crippen LogP contribution in [-0.4, -0.2) is 5.11 Å². The average Bonchev–Trinajstić information content (AvgIpc) is 2.53. The Morgan fingerprint density at radius 2 is 2.36 bits per heavy atom. The molecule has 0 radical (unpaired) electrons. The summed E-state index contributed by atoms with van der Waals surface area (Å²) in [6.45, 7) is 0.117. The molecule has 0 atom stereocenters.